The van der Waals surface area contributed by atoms with Crippen molar-refractivity contribution in [3.8, 4) is 11.3 Å². The number of rotatable bonds is 5. The fourth-order valence-electron chi connectivity index (χ4n) is 2.49. The van der Waals surface area contributed by atoms with Crippen molar-refractivity contribution in [3.63, 3.8) is 0 Å². The average molecular weight is 401 g/mol. The van der Waals surface area contributed by atoms with Gasteiger partial charge in [0, 0.05) is 17.7 Å². The first-order chi connectivity index (χ1) is 11.9. The van der Waals surface area contributed by atoms with E-state index < -0.39 is 25.0 Å². The van der Waals surface area contributed by atoms with Gasteiger partial charge in [0.1, 0.15) is 16.7 Å². The zero-order valence-corrected chi connectivity index (χ0v) is 18.3. The molecule has 0 aliphatic carbocycles. The lowest BCUT2D eigenvalue weighted by atomic mass is 10.1. The molecule has 2 rings (SSSR count). The largest absolute Gasteiger partial charge is 0.411 e. The molecule has 3 nitrogen and oxygen atoms in total. The molecule has 0 radical (unpaired) electrons. The molecule has 0 unspecified atom stereocenters. The molecule has 0 N–H and O–H groups in total. The summed E-state index contributed by atoms with van der Waals surface area (Å²) in [7, 11) is -1.92. The zero-order chi connectivity index (χ0) is 19.9. The first kappa shape index (κ1) is 21.1. The molecule has 26 heavy (non-hydrogen) atoms. The maximum Gasteiger partial charge on any atom is 0.192 e. The van der Waals surface area contributed by atoms with Crippen LogP contribution in [0.5, 0.6) is 0 Å². The fourth-order valence-corrected chi connectivity index (χ4v) is 3.53. The number of halogens is 3. The highest BCUT2D eigenvalue weighted by Gasteiger charge is 2.37. The predicted molar refractivity (Wildman–Crippen MR) is 105 cm³/mol. The van der Waals surface area contributed by atoms with Gasteiger partial charge in [-0.2, -0.15) is 5.10 Å². The first-order valence-electron chi connectivity index (χ1n) is 8.74. The number of nitrogens with zero attached hydrogens (tertiary/aromatic N) is 2. The van der Waals surface area contributed by atoms with Crippen LogP contribution in [-0.2, 0) is 17.6 Å². The van der Waals surface area contributed by atoms with Crippen LogP contribution >= 0.6 is 11.6 Å². The van der Waals surface area contributed by atoms with E-state index in [4.69, 9.17) is 16.0 Å². The number of aromatic nitrogens is 2. The van der Waals surface area contributed by atoms with Crippen molar-refractivity contribution in [2.75, 3.05) is 0 Å². The van der Waals surface area contributed by atoms with Crippen LogP contribution in [0.1, 0.15) is 39.0 Å². The molecule has 0 saturated heterocycles. The molecular formula is C19H27ClF2N2OSi. The highest BCUT2D eigenvalue weighted by atomic mass is 35.5. The Morgan fingerprint density at radius 2 is 1.73 bits per heavy atom. The van der Waals surface area contributed by atoms with Crippen molar-refractivity contribution in [2.45, 2.75) is 65.9 Å². The Balaban J connectivity index is 2.42. The zero-order valence-electron chi connectivity index (χ0n) is 16.5. The summed E-state index contributed by atoms with van der Waals surface area (Å²) in [6, 6.07) is 2.50. The summed E-state index contributed by atoms with van der Waals surface area (Å²) < 4.78 is 35.9. The summed E-state index contributed by atoms with van der Waals surface area (Å²) in [6.07, 6.45) is 0. The van der Waals surface area contributed by atoms with Gasteiger partial charge in [0.05, 0.1) is 18.0 Å². The van der Waals surface area contributed by atoms with E-state index in [1.807, 2.05) is 13.8 Å². The van der Waals surface area contributed by atoms with Gasteiger partial charge < -0.3 is 4.43 Å². The van der Waals surface area contributed by atoms with Crippen LogP contribution in [0, 0.1) is 18.6 Å². The van der Waals surface area contributed by atoms with Crippen molar-refractivity contribution in [3.05, 3.63) is 40.0 Å². The van der Waals surface area contributed by atoms with Crippen LogP contribution in [-0.4, -0.2) is 18.1 Å². The van der Waals surface area contributed by atoms with E-state index >= 15 is 0 Å². The fraction of sp³-hybridized carbons (Fsp3) is 0.526. The third kappa shape index (κ3) is 4.02. The first-order valence-corrected chi connectivity index (χ1v) is 12.0. The van der Waals surface area contributed by atoms with E-state index in [0.29, 0.717) is 24.4 Å². The van der Waals surface area contributed by atoms with Crippen LogP contribution in [0.2, 0.25) is 23.2 Å². The van der Waals surface area contributed by atoms with Crippen LogP contribution in [0.15, 0.2) is 12.1 Å². The topological polar surface area (TPSA) is 27.1 Å². The Morgan fingerprint density at radius 3 is 2.19 bits per heavy atom. The second-order valence-electron chi connectivity index (χ2n) is 8.04. The summed E-state index contributed by atoms with van der Waals surface area (Å²) in [5.74, 6) is -1.55. The number of hydrogen-bond acceptors (Lipinski definition) is 2. The van der Waals surface area contributed by atoms with Gasteiger partial charge in [-0.1, -0.05) is 32.4 Å². The molecule has 7 heteroatoms. The molecule has 144 valence electrons. The minimum absolute atomic E-state index is 0.0967. The van der Waals surface area contributed by atoms with Crippen molar-refractivity contribution < 1.29 is 13.2 Å². The summed E-state index contributed by atoms with van der Waals surface area (Å²) in [5.41, 5.74) is 2.78. The third-order valence-electron chi connectivity index (χ3n) is 5.22. The second-order valence-corrected chi connectivity index (χ2v) is 13.2. The molecular weight excluding hydrogens is 374 g/mol. The predicted octanol–water partition coefficient (Wildman–Crippen LogP) is 6.33. The van der Waals surface area contributed by atoms with Gasteiger partial charge in [0.25, 0.3) is 0 Å². The van der Waals surface area contributed by atoms with E-state index in [9.17, 15) is 8.78 Å². The molecule has 0 spiro atoms. The minimum Gasteiger partial charge on any atom is -0.411 e. The molecule has 1 aromatic heterocycles. The van der Waals surface area contributed by atoms with Crippen LogP contribution in [0.25, 0.3) is 11.3 Å². The van der Waals surface area contributed by atoms with Crippen molar-refractivity contribution in [1.29, 1.82) is 0 Å². The van der Waals surface area contributed by atoms with E-state index in [1.165, 1.54) is 12.1 Å². The van der Waals surface area contributed by atoms with E-state index in [2.05, 4.69) is 39.0 Å². The van der Waals surface area contributed by atoms with Gasteiger partial charge in [-0.3, -0.25) is 4.68 Å². The second kappa shape index (κ2) is 7.41. The molecule has 0 aliphatic heterocycles. The maximum atomic E-state index is 13.9. The highest BCUT2D eigenvalue weighted by Crippen LogP contribution is 2.38. The highest BCUT2D eigenvalue weighted by molar-refractivity contribution is 6.74. The molecule has 0 saturated carbocycles. The molecule has 0 atom stereocenters. The van der Waals surface area contributed by atoms with Gasteiger partial charge in [-0.25, -0.2) is 8.78 Å². The molecule has 0 bridgehead atoms. The third-order valence-corrected chi connectivity index (χ3v) is 10.1. The van der Waals surface area contributed by atoms with E-state index in [1.54, 1.807) is 4.68 Å². The SMILES string of the molecule is CCn1nc(CO[Si](C)(C)C(C)(C)C)c(C)c1-c1cc(F)c(Cl)c(F)c1. The summed E-state index contributed by atoms with van der Waals surface area (Å²) in [6.45, 7) is 15.7. The minimum atomic E-state index is -1.92. The molecule has 0 amide bonds. The maximum absolute atomic E-state index is 13.9. The molecule has 0 fully saturated rings. The Labute approximate surface area is 160 Å². The summed E-state index contributed by atoms with van der Waals surface area (Å²) in [4.78, 5) is 0. The molecule has 1 aromatic carbocycles. The lowest BCUT2D eigenvalue weighted by molar-refractivity contribution is 0.270. The normalized spacial score (nSPS) is 12.7. The van der Waals surface area contributed by atoms with Gasteiger partial charge in [-0.05, 0) is 44.1 Å². The molecule has 0 aliphatic rings. The van der Waals surface area contributed by atoms with Gasteiger partial charge >= 0.3 is 0 Å². The quantitative estimate of drug-likeness (QED) is 0.433. The van der Waals surface area contributed by atoms with Crippen LogP contribution < -0.4 is 0 Å². The van der Waals surface area contributed by atoms with Crippen molar-refractivity contribution in [2.24, 2.45) is 0 Å². The van der Waals surface area contributed by atoms with Crippen molar-refractivity contribution >= 4 is 19.9 Å². The Bertz CT molecular complexity index is 790. The number of hydrogen-bond donors (Lipinski definition) is 0. The molecule has 2 aromatic rings. The number of benzene rings is 1. The van der Waals surface area contributed by atoms with Crippen molar-refractivity contribution in [1.82, 2.24) is 9.78 Å². The summed E-state index contributed by atoms with van der Waals surface area (Å²) >= 11 is 5.61. The summed E-state index contributed by atoms with van der Waals surface area (Å²) in [5, 5.41) is 4.21. The lowest BCUT2D eigenvalue weighted by Crippen LogP contribution is -2.40. The van der Waals surface area contributed by atoms with E-state index in [0.717, 1.165) is 11.3 Å². The van der Waals surface area contributed by atoms with Gasteiger partial charge in [0.2, 0.25) is 0 Å². The Hall–Kier alpha value is -1.24. The van der Waals surface area contributed by atoms with Crippen LogP contribution in [0.4, 0.5) is 8.78 Å². The van der Waals surface area contributed by atoms with Gasteiger partial charge in [-0.15, -0.1) is 0 Å². The lowest BCUT2D eigenvalue weighted by Gasteiger charge is -2.35. The standard InChI is InChI=1S/C19H27ClF2N2OSi/c1-8-24-18(13-9-14(21)17(20)15(22)10-13)12(2)16(23-24)11-25-26(6,7)19(3,4)5/h9-10H,8,11H2,1-7H3. The number of aryl methyl sites for hydroxylation is 1. The Kier molecular flexibility index (Phi) is 6.00. The average Bonchev–Trinajstić information content (AvgIpc) is 2.85. The monoisotopic (exact) mass is 400 g/mol. The van der Waals surface area contributed by atoms with E-state index in [-0.39, 0.29) is 5.04 Å². The molecule has 1 heterocycles. The smallest absolute Gasteiger partial charge is 0.192 e. The van der Waals surface area contributed by atoms with Crippen LogP contribution in [0.3, 0.4) is 0 Å². The van der Waals surface area contributed by atoms with Gasteiger partial charge in [0.15, 0.2) is 8.32 Å². The Morgan fingerprint density at radius 1 is 1.19 bits per heavy atom.